The molecule has 0 atom stereocenters. The van der Waals surface area contributed by atoms with Crippen LogP contribution < -0.4 is 144 Å². The third-order valence-corrected chi connectivity index (χ3v) is 0. The van der Waals surface area contributed by atoms with Crippen molar-refractivity contribution in [3.8, 4) is 0 Å². The second-order valence-electron chi connectivity index (χ2n) is 0.500. The predicted octanol–water partition coefficient (Wildman–Crippen LogP) is -17.0. The maximum Gasteiger partial charge on any atom is 1.00 e. The van der Waals surface area contributed by atoms with Gasteiger partial charge >= 0.3 is 118 Å². The van der Waals surface area contributed by atoms with E-state index in [-0.39, 0.29) is 124 Å². The van der Waals surface area contributed by atoms with Crippen molar-refractivity contribution in [2.75, 3.05) is 0 Å². The van der Waals surface area contributed by atoms with Crippen LogP contribution in [0.5, 0.6) is 0 Å². The van der Waals surface area contributed by atoms with E-state index in [4.69, 9.17) is 19.2 Å². The number of rotatable bonds is 0. The van der Waals surface area contributed by atoms with Gasteiger partial charge in [-0.1, -0.05) is 0 Å². The van der Waals surface area contributed by atoms with Crippen LogP contribution in [0.15, 0.2) is 0 Å². The summed E-state index contributed by atoms with van der Waals surface area (Å²) < 4.78 is 0. The molecule has 0 aromatic heterocycles. The van der Waals surface area contributed by atoms with Gasteiger partial charge in [0.25, 0.3) is 0 Å². The monoisotopic (exact) mass is 201 g/mol. The van der Waals surface area contributed by atoms with Crippen LogP contribution in [-0.4, -0.2) is 9.05 Å². The fraction of sp³-hybridized carbons (Fsp3) is 0. The minimum atomic E-state index is -5.61. The van der Waals surface area contributed by atoms with Crippen LogP contribution in [0.2, 0.25) is 0 Å². The molecule has 10 heteroatoms. The SMILES string of the molecule is N.[Na+].[Na+].[Na+].[Na+].[O-][Si]([O-])([O-])[O-]. The van der Waals surface area contributed by atoms with E-state index < -0.39 is 9.05 Å². The van der Waals surface area contributed by atoms with Gasteiger partial charge in [0.05, 0.1) is 0 Å². The Kier molecular flexibility index (Phi) is 69.2. The molecule has 0 aliphatic heterocycles. The van der Waals surface area contributed by atoms with Gasteiger partial charge in [0.2, 0.25) is 0 Å². The minimum absolute atomic E-state index is 0. The molecule has 0 radical (unpaired) electrons. The molecule has 0 aromatic carbocycles. The van der Waals surface area contributed by atoms with Crippen LogP contribution in [0.4, 0.5) is 0 Å². The second-order valence-corrected chi connectivity index (χ2v) is 1.50. The van der Waals surface area contributed by atoms with Crippen LogP contribution in [-0.2, 0) is 0 Å². The molecule has 0 unspecified atom stereocenters. The summed E-state index contributed by atoms with van der Waals surface area (Å²) in [6.07, 6.45) is 0. The third-order valence-electron chi connectivity index (χ3n) is 0. The van der Waals surface area contributed by atoms with E-state index in [2.05, 4.69) is 0 Å². The van der Waals surface area contributed by atoms with Gasteiger partial charge in [-0.3, -0.25) is 0 Å². The normalized spacial score (nSPS) is 6.00. The Balaban J connectivity index is -0.00000000800. The average Bonchev–Trinajstić information content (AvgIpc) is 0.722. The Hall–Kier alpha value is 4.02. The number of hydrogen-bond donors (Lipinski definition) is 1. The summed E-state index contributed by atoms with van der Waals surface area (Å²) in [5, 5.41) is 0. The zero-order chi connectivity index (χ0) is 4.50. The topological polar surface area (TPSA) is 127 Å². The Morgan fingerprint density at radius 2 is 0.600 bits per heavy atom. The Morgan fingerprint density at radius 1 is 0.600 bits per heavy atom. The van der Waals surface area contributed by atoms with E-state index >= 15 is 0 Å². The van der Waals surface area contributed by atoms with Gasteiger partial charge in [-0.15, -0.1) is 0 Å². The molecule has 0 aliphatic carbocycles. The second kappa shape index (κ2) is 18.7. The Morgan fingerprint density at radius 3 is 0.600 bits per heavy atom. The quantitative estimate of drug-likeness (QED) is 0.389. The smallest absolute Gasteiger partial charge is 0.894 e. The first-order chi connectivity index (χ1) is 2.00. The molecular weight excluding hydrogens is 198 g/mol. The Bertz CT molecular complexity index is 32.7. The molecular formula is H3NNa4O4Si. The fourth-order valence-electron chi connectivity index (χ4n) is 0. The molecule has 0 amide bonds. The Labute approximate surface area is 149 Å². The largest absolute Gasteiger partial charge is 1.00 e. The molecule has 40 valence electrons. The minimum Gasteiger partial charge on any atom is -0.894 e. The van der Waals surface area contributed by atoms with Gasteiger partial charge in [-0.25, -0.2) is 0 Å². The van der Waals surface area contributed by atoms with Crippen molar-refractivity contribution in [1.29, 1.82) is 0 Å². The standard InChI is InChI=1S/H3N.4Na.O4Si/c;;;;;1-5(2,3)4/h1H3;;;;;/q;4*+1;-4. The van der Waals surface area contributed by atoms with Crippen molar-refractivity contribution in [2.24, 2.45) is 0 Å². The van der Waals surface area contributed by atoms with E-state index in [9.17, 15) is 0 Å². The maximum absolute atomic E-state index is 8.58. The zero-order valence-electron chi connectivity index (χ0n) is 6.84. The molecule has 10 heavy (non-hydrogen) atoms. The van der Waals surface area contributed by atoms with E-state index in [1.54, 1.807) is 0 Å². The van der Waals surface area contributed by atoms with Gasteiger partial charge in [-0.05, 0) is 0 Å². The molecule has 0 bridgehead atoms. The predicted molar refractivity (Wildman–Crippen MR) is 10.8 cm³/mol. The average molecular weight is 201 g/mol. The first-order valence-electron chi connectivity index (χ1n) is 0.816. The zero-order valence-corrected chi connectivity index (χ0v) is 15.8. The number of hydrogen-bond acceptors (Lipinski definition) is 5. The van der Waals surface area contributed by atoms with E-state index in [0.717, 1.165) is 0 Å². The van der Waals surface area contributed by atoms with E-state index in [1.165, 1.54) is 0 Å². The summed E-state index contributed by atoms with van der Waals surface area (Å²) in [5.74, 6) is 0. The van der Waals surface area contributed by atoms with Gasteiger partial charge in [0.1, 0.15) is 0 Å². The molecule has 0 heterocycles. The van der Waals surface area contributed by atoms with Crippen LogP contribution >= 0.6 is 0 Å². The third kappa shape index (κ3) is 90.4. The van der Waals surface area contributed by atoms with Crippen molar-refractivity contribution < 1.29 is 137 Å². The molecule has 0 fully saturated rings. The summed E-state index contributed by atoms with van der Waals surface area (Å²) in [6, 6.07) is 0. The van der Waals surface area contributed by atoms with Crippen molar-refractivity contribution in [3.05, 3.63) is 0 Å². The molecule has 0 saturated carbocycles. The summed E-state index contributed by atoms with van der Waals surface area (Å²) in [4.78, 5) is 34.3. The molecule has 0 rings (SSSR count). The summed E-state index contributed by atoms with van der Waals surface area (Å²) >= 11 is 0. The summed E-state index contributed by atoms with van der Waals surface area (Å²) in [7, 11) is -5.61. The van der Waals surface area contributed by atoms with Crippen LogP contribution in [0.25, 0.3) is 0 Å². The van der Waals surface area contributed by atoms with Crippen molar-refractivity contribution in [2.45, 2.75) is 0 Å². The van der Waals surface area contributed by atoms with Crippen molar-refractivity contribution in [1.82, 2.24) is 6.15 Å². The van der Waals surface area contributed by atoms with Crippen LogP contribution in [0.3, 0.4) is 0 Å². The molecule has 0 saturated heterocycles. The molecule has 5 nitrogen and oxygen atoms in total. The summed E-state index contributed by atoms with van der Waals surface area (Å²) in [5.41, 5.74) is 0. The molecule has 3 N–H and O–H groups in total. The molecule has 0 aliphatic rings. The van der Waals surface area contributed by atoms with Crippen molar-refractivity contribution >= 4 is 9.05 Å². The van der Waals surface area contributed by atoms with Gasteiger partial charge in [-0.2, -0.15) is 0 Å². The fourth-order valence-corrected chi connectivity index (χ4v) is 0. The van der Waals surface area contributed by atoms with E-state index in [0.29, 0.717) is 0 Å². The van der Waals surface area contributed by atoms with E-state index in [1.807, 2.05) is 0 Å². The van der Waals surface area contributed by atoms with Gasteiger partial charge < -0.3 is 34.4 Å². The summed E-state index contributed by atoms with van der Waals surface area (Å²) in [6.45, 7) is 0. The van der Waals surface area contributed by atoms with Gasteiger partial charge in [0, 0.05) is 0 Å². The van der Waals surface area contributed by atoms with Crippen LogP contribution in [0, 0.1) is 0 Å². The first kappa shape index (κ1) is 37.0. The molecule has 0 aromatic rings. The first-order valence-corrected chi connectivity index (χ1v) is 2.45. The van der Waals surface area contributed by atoms with Crippen molar-refractivity contribution in [3.63, 3.8) is 0 Å². The van der Waals surface area contributed by atoms with Gasteiger partial charge in [0.15, 0.2) is 0 Å². The maximum atomic E-state index is 8.58. The van der Waals surface area contributed by atoms with Crippen LogP contribution in [0.1, 0.15) is 0 Å². The molecule has 0 spiro atoms.